The summed E-state index contributed by atoms with van der Waals surface area (Å²) < 4.78 is 20.5. The zero-order chi connectivity index (χ0) is 11.7. The summed E-state index contributed by atoms with van der Waals surface area (Å²) in [7, 11) is 3.34. The Morgan fingerprint density at radius 1 is 1.44 bits per heavy atom. The molecule has 3 nitrogen and oxygen atoms in total. The van der Waals surface area contributed by atoms with Gasteiger partial charge in [-0.1, -0.05) is 0 Å². The molecule has 0 bridgehead atoms. The van der Waals surface area contributed by atoms with Gasteiger partial charge in [-0.15, -0.1) is 0 Å². The molecule has 86 valence electrons. The summed E-state index contributed by atoms with van der Waals surface area (Å²) in [5, 5.41) is 9.73. The summed E-state index contributed by atoms with van der Waals surface area (Å²) in [5.41, 5.74) is 1.80. The van der Waals surface area contributed by atoms with Gasteiger partial charge in [-0.2, -0.15) is 0 Å². The molecule has 0 saturated heterocycles. The maximum atomic E-state index is 13.6. The first kappa shape index (κ1) is 11.0. The van der Waals surface area contributed by atoms with E-state index < -0.39 is 0 Å². The summed E-state index contributed by atoms with van der Waals surface area (Å²) in [4.78, 5) is 0. The van der Waals surface area contributed by atoms with Gasteiger partial charge in [0.25, 0.3) is 0 Å². The van der Waals surface area contributed by atoms with E-state index in [1.54, 1.807) is 6.07 Å². The largest absolute Gasteiger partial charge is 0.493 e. The quantitative estimate of drug-likeness (QED) is 0.861. The summed E-state index contributed by atoms with van der Waals surface area (Å²) in [5.74, 6) is -0.123. The van der Waals surface area contributed by atoms with E-state index >= 15 is 0 Å². The number of fused-ring (bicyclic) bond motifs is 1. The molecule has 2 rings (SSSR count). The van der Waals surface area contributed by atoms with E-state index in [1.165, 1.54) is 13.2 Å². The molecule has 0 unspecified atom stereocenters. The SMILES string of the molecule is COc1c(F)ccc2c1c(CCO)cn2C. The standard InChI is InChI=1S/C12H14FNO2/c1-14-7-8(5-6-15)11-10(14)4-3-9(13)12(11)16-2/h3-4,7,15H,5-6H2,1-2H3. The Kier molecular flexibility index (Phi) is 2.83. The van der Waals surface area contributed by atoms with Crippen LogP contribution in [-0.4, -0.2) is 23.4 Å². The van der Waals surface area contributed by atoms with Gasteiger partial charge in [0.1, 0.15) is 0 Å². The van der Waals surface area contributed by atoms with Gasteiger partial charge in [0.05, 0.1) is 12.6 Å². The fourth-order valence-corrected chi connectivity index (χ4v) is 2.03. The van der Waals surface area contributed by atoms with Crippen LogP contribution in [0.4, 0.5) is 4.39 Å². The minimum atomic E-state index is -0.375. The maximum Gasteiger partial charge on any atom is 0.165 e. The fourth-order valence-electron chi connectivity index (χ4n) is 2.03. The predicted octanol–water partition coefficient (Wildman–Crippen LogP) is 1.86. The first-order valence-electron chi connectivity index (χ1n) is 5.10. The van der Waals surface area contributed by atoms with Gasteiger partial charge in [0.15, 0.2) is 11.6 Å². The molecule has 0 amide bonds. The lowest BCUT2D eigenvalue weighted by Crippen LogP contribution is -1.93. The van der Waals surface area contributed by atoms with Crippen molar-refractivity contribution in [3.63, 3.8) is 0 Å². The predicted molar refractivity (Wildman–Crippen MR) is 60.2 cm³/mol. The second-order valence-electron chi connectivity index (χ2n) is 3.71. The third kappa shape index (κ3) is 1.55. The molecule has 4 heteroatoms. The topological polar surface area (TPSA) is 34.4 Å². The Morgan fingerprint density at radius 2 is 2.19 bits per heavy atom. The van der Waals surface area contributed by atoms with Crippen LogP contribution in [0.25, 0.3) is 10.9 Å². The Bertz CT molecular complexity index is 519. The van der Waals surface area contributed by atoms with E-state index in [2.05, 4.69) is 0 Å². The second kappa shape index (κ2) is 4.14. The summed E-state index contributed by atoms with van der Waals surface area (Å²) in [6.45, 7) is 0.0405. The molecule has 0 aliphatic rings. The first-order valence-corrected chi connectivity index (χ1v) is 5.10. The molecule has 0 spiro atoms. The molecule has 2 aromatic rings. The molecule has 0 aliphatic carbocycles. The molecule has 0 fully saturated rings. The maximum absolute atomic E-state index is 13.6. The molecule has 0 atom stereocenters. The third-order valence-electron chi connectivity index (χ3n) is 2.72. The molecule has 0 saturated carbocycles. The minimum Gasteiger partial charge on any atom is -0.493 e. The van der Waals surface area contributed by atoms with Crippen molar-refractivity contribution >= 4 is 10.9 Å². The van der Waals surface area contributed by atoms with Crippen molar-refractivity contribution in [2.24, 2.45) is 7.05 Å². The molecule has 16 heavy (non-hydrogen) atoms. The summed E-state index contributed by atoms with van der Waals surface area (Å²) in [6.07, 6.45) is 2.39. The average Bonchev–Trinajstić information content (AvgIpc) is 2.57. The van der Waals surface area contributed by atoms with E-state index in [0.29, 0.717) is 6.42 Å². The number of hydrogen-bond acceptors (Lipinski definition) is 2. The molecule has 1 N–H and O–H groups in total. The smallest absolute Gasteiger partial charge is 0.165 e. The lowest BCUT2D eigenvalue weighted by Gasteiger charge is -2.05. The van der Waals surface area contributed by atoms with Crippen LogP contribution in [0.15, 0.2) is 18.3 Å². The summed E-state index contributed by atoms with van der Waals surface area (Å²) in [6, 6.07) is 3.11. The Morgan fingerprint density at radius 3 is 2.81 bits per heavy atom. The van der Waals surface area contributed by atoms with Gasteiger partial charge in [-0.3, -0.25) is 0 Å². The number of halogens is 1. The van der Waals surface area contributed by atoms with Crippen LogP contribution in [0.3, 0.4) is 0 Å². The molecular weight excluding hydrogens is 209 g/mol. The lowest BCUT2D eigenvalue weighted by atomic mass is 10.1. The number of rotatable bonds is 3. The zero-order valence-electron chi connectivity index (χ0n) is 9.33. The second-order valence-corrected chi connectivity index (χ2v) is 3.71. The molecule has 1 heterocycles. The van der Waals surface area contributed by atoms with Crippen LogP contribution in [0.1, 0.15) is 5.56 Å². The zero-order valence-corrected chi connectivity index (χ0v) is 9.33. The van der Waals surface area contributed by atoms with Crippen LogP contribution < -0.4 is 4.74 Å². The van der Waals surface area contributed by atoms with Gasteiger partial charge in [-0.05, 0) is 24.1 Å². The highest BCUT2D eigenvalue weighted by atomic mass is 19.1. The van der Waals surface area contributed by atoms with E-state index in [9.17, 15) is 4.39 Å². The normalized spacial score (nSPS) is 11.0. The number of hydrogen-bond donors (Lipinski definition) is 1. The van der Waals surface area contributed by atoms with Crippen LogP contribution in [0.2, 0.25) is 0 Å². The summed E-state index contributed by atoms with van der Waals surface area (Å²) >= 11 is 0. The average molecular weight is 223 g/mol. The number of aliphatic hydroxyl groups is 1. The van der Waals surface area contributed by atoms with Crippen molar-refractivity contribution in [1.29, 1.82) is 0 Å². The monoisotopic (exact) mass is 223 g/mol. The van der Waals surface area contributed by atoms with Crippen molar-refractivity contribution in [3.8, 4) is 5.75 Å². The highest BCUT2D eigenvalue weighted by molar-refractivity contribution is 5.90. The van der Waals surface area contributed by atoms with E-state index in [0.717, 1.165) is 16.5 Å². The van der Waals surface area contributed by atoms with Crippen LogP contribution in [-0.2, 0) is 13.5 Å². The Balaban J connectivity index is 2.77. The van der Waals surface area contributed by atoms with E-state index in [1.807, 2.05) is 17.8 Å². The number of methoxy groups -OCH3 is 1. The van der Waals surface area contributed by atoms with Gasteiger partial charge in [-0.25, -0.2) is 4.39 Å². The number of aromatic nitrogens is 1. The van der Waals surface area contributed by atoms with Gasteiger partial charge in [0.2, 0.25) is 0 Å². The Hall–Kier alpha value is -1.55. The van der Waals surface area contributed by atoms with Crippen LogP contribution in [0.5, 0.6) is 5.75 Å². The van der Waals surface area contributed by atoms with Crippen LogP contribution >= 0.6 is 0 Å². The van der Waals surface area contributed by atoms with Crippen LogP contribution in [0, 0.1) is 5.82 Å². The number of ether oxygens (including phenoxy) is 1. The van der Waals surface area contributed by atoms with E-state index in [-0.39, 0.29) is 18.2 Å². The molecule has 0 aliphatic heterocycles. The lowest BCUT2D eigenvalue weighted by molar-refractivity contribution is 0.300. The van der Waals surface area contributed by atoms with Crippen molar-refractivity contribution in [3.05, 3.63) is 29.7 Å². The van der Waals surface area contributed by atoms with E-state index in [4.69, 9.17) is 9.84 Å². The molecular formula is C12H14FNO2. The third-order valence-corrected chi connectivity index (χ3v) is 2.72. The highest BCUT2D eigenvalue weighted by Gasteiger charge is 2.14. The van der Waals surface area contributed by atoms with Gasteiger partial charge < -0.3 is 14.4 Å². The number of nitrogens with zero attached hydrogens (tertiary/aromatic N) is 1. The van der Waals surface area contributed by atoms with Crippen molar-refractivity contribution < 1.29 is 14.2 Å². The van der Waals surface area contributed by atoms with Gasteiger partial charge in [0, 0.05) is 25.2 Å². The number of benzene rings is 1. The van der Waals surface area contributed by atoms with Crippen molar-refractivity contribution in [2.45, 2.75) is 6.42 Å². The van der Waals surface area contributed by atoms with Crippen molar-refractivity contribution in [1.82, 2.24) is 4.57 Å². The number of aliphatic hydroxyl groups excluding tert-OH is 1. The highest BCUT2D eigenvalue weighted by Crippen LogP contribution is 2.32. The van der Waals surface area contributed by atoms with Crippen molar-refractivity contribution in [2.75, 3.05) is 13.7 Å². The first-order chi connectivity index (χ1) is 7.69. The Labute approximate surface area is 93.1 Å². The molecule has 0 radical (unpaired) electrons. The molecule has 1 aromatic carbocycles. The number of aryl methyl sites for hydroxylation is 1. The minimum absolute atomic E-state index is 0.0405. The molecule has 1 aromatic heterocycles. The van der Waals surface area contributed by atoms with Gasteiger partial charge >= 0.3 is 0 Å². The fraction of sp³-hybridized carbons (Fsp3) is 0.333.